The van der Waals surface area contributed by atoms with Gasteiger partial charge in [-0.25, -0.2) is 18.2 Å². The van der Waals surface area contributed by atoms with Crippen molar-refractivity contribution >= 4 is 39.2 Å². The normalized spacial score (nSPS) is 13.5. The van der Waals surface area contributed by atoms with Crippen LogP contribution in [0.4, 0.5) is 0 Å². The largest absolute Gasteiger partial charge is 0.479 e. The molecule has 0 radical (unpaired) electrons. The van der Waals surface area contributed by atoms with Crippen LogP contribution in [0.2, 0.25) is 5.02 Å². The van der Waals surface area contributed by atoms with Crippen molar-refractivity contribution in [2.24, 2.45) is 0 Å². The fourth-order valence-electron chi connectivity index (χ4n) is 2.69. The SMILES string of the molecule is O=C(O)C(O)(CSc1ccccn1)CS(=O)(=O)c1ccc(-c2ccc(Cl)cc2)cc1. The van der Waals surface area contributed by atoms with Gasteiger partial charge in [0.1, 0.15) is 0 Å². The number of nitrogens with zero attached hydrogens (tertiary/aromatic N) is 1. The van der Waals surface area contributed by atoms with E-state index in [0.717, 1.165) is 22.9 Å². The Bertz CT molecular complexity index is 1120. The van der Waals surface area contributed by atoms with Crippen LogP contribution in [0.3, 0.4) is 0 Å². The number of carboxylic acids is 1. The molecule has 6 nitrogen and oxygen atoms in total. The highest BCUT2D eigenvalue weighted by Gasteiger charge is 2.41. The van der Waals surface area contributed by atoms with Gasteiger partial charge in [0, 0.05) is 17.0 Å². The Balaban J connectivity index is 1.78. The Morgan fingerprint density at radius 2 is 1.60 bits per heavy atom. The molecule has 2 N–H and O–H groups in total. The van der Waals surface area contributed by atoms with Gasteiger partial charge in [0.25, 0.3) is 0 Å². The van der Waals surface area contributed by atoms with E-state index in [1.807, 2.05) is 12.1 Å². The molecule has 0 saturated carbocycles. The molecule has 0 aliphatic heterocycles. The van der Waals surface area contributed by atoms with Crippen molar-refractivity contribution in [2.75, 3.05) is 11.5 Å². The number of carboxylic acid groups (broad SMARTS) is 1. The van der Waals surface area contributed by atoms with Gasteiger partial charge >= 0.3 is 5.97 Å². The first kappa shape index (κ1) is 22.3. The number of aliphatic hydroxyl groups is 1. The van der Waals surface area contributed by atoms with Crippen LogP contribution in [0.1, 0.15) is 0 Å². The van der Waals surface area contributed by atoms with Gasteiger partial charge in [-0.3, -0.25) is 0 Å². The smallest absolute Gasteiger partial charge is 0.337 e. The Morgan fingerprint density at radius 3 is 2.13 bits per heavy atom. The van der Waals surface area contributed by atoms with Crippen LogP contribution < -0.4 is 0 Å². The predicted molar refractivity (Wildman–Crippen MR) is 116 cm³/mol. The molecule has 1 aromatic heterocycles. The Morgan fingerprint density at radius 1 is 1.00 bits per heavy atom. The summed E-state index contributed by atoms with van der Waals surface area (Å²) in [6.07, 6.45) is 1.53. The van der Waals surface area contributed by atoms with Crippen molar-refractivity contribution in [3.05, 3.63) is 77.9 Å². The highest BCUT2D eigenvalue weighted by atomic mass is 35.5. The first-order valence-electron chi connectivity index (χ1n) is 8.78. The number of aromatic nitrogens is 1. The zero-order chi connectivity index (χ0) is 21.8. The highest BCUT2D eigenvalue weighted by Crippen LogP contribution is 2.27. The number of carbonyl (C=O) groups is 1. The molecule has 1 atom stereocenters. The van der Waals surface area contributed by atoms with E-state index < -0.39 is 27.2 Å². The van der Waals surface area contributed by atoms with Crippen LogP contribution in [0.5, 0.6) is 0 Å². The minimum Gasteiger partial charge on any atom is -0.479 e. The second kappa shape index (κ2) is 9.18. The van der Waals surface area contributed by atoms with Crippen LogP contribution >= 0.6 is 23.4 Å². The van der Waals surface area contributed by atoms with Crippen LogP contribution in [-0.4, -0.2) is 46.7 Å². The van der Waals surface area contributed by atoms with E-state index in [1.54, 1.807) is 42.5 Å². The molecule has 156 valence electrons. The lowest BCUT2D eigenvalue weighted by molar-refractivity contribution is -0.153. The molecule has 3 rings (SSSR count). The number of halogens is 1. The molecular formula is C21H18ClNO5S2. The first-order chi connectivity index (χ1) is 14.2. The highest BCUT2D eigenvalue weighted by molar-refractivity contribution is 7.99. The molecule has 9 heteroatoms. The fraction of sp³-hybridized carbons (Fsp3) is 0.143. The van der Waals surface area contributed by atoms with Gasteiger partial charge in [0.2, 0.25) is 0 Å². The Labute approximate surface area is 183 Å². The van der Waals surface area contributed by atoms with E-state index in [4.69, 9.17) is 11.6 Å². The molecule has 0 fully saturated rings. The summed E-state index contributed by atoms with van der Waals surface area (Å²) in [4.78, 5) is 15.6. The summed E-state index contributed by atoms with van der Waals surface area (Å²) < 4.78 is 25.6. The van der Waals surface area contributed by atoms with Gasteiger partial charge in [-0.05, 0) is 47.5 Å². The second-order valence-corrected chi connectivity index (χ2v) is 10.0. The third-order valence-electron chi connectivity index (χ3n) is 4.31. The molecule has 0 amide bonds. The number of rotatable bonds is 8. The topological polar surface area (TPSA) is 105 Å². The van der Waals surface area contributed by atoms with E-state index >= 15 is 0 Å². The molecule has 1 heterocycles. The monoisotopic (exact) mass is 463 g/mol. The van der Waals surface area contributed by atoms with Crippen LogP contribution in [0, 0.1) is 0 Å². The van der Waals surface area contributed by atoms with Crippen LogP contribution in [0.25, 0.3) is 11.1 Å². The van der Waals surface area contributed by atoms with Gasteiger partial charge in [0.15, 0.2) is 15.4 Å². The van der Waals surface area contributed by atoms with E-state index in [2.05, 4.69) is 4.98 Å². The molecule has 0 spiro atoms. The minimum atomic E-state index is -4.06. The summed E-state index contributed by atoms with van der Waals surface area (Å²) in [5.74, 6) is -2.91. The lowest BCUT2D eigenvalue weighted by Crippen LogP contribution is -2.47. The fourth-order valence-corrected chi connectivity index (χ4v) is 5.43. The maximum absolute atomic E-state index is 12.8. The zero-order valence-electron chi connectivity index (χ0n) is 15.6. The number of thioether (sulfide) groups is 1. The molecule has 0 saturated heterocycles. The number of hydrogen-bond acceptors (Lipinski definition) is 6. The van der Waals surface area contributed by atoms with Crippen molar-refractivity contribution in [1.82, 2.24) is 4.98 Å². The van der Waals surface area contributed by atoms with Crippen molar-refractivity contribution in [3.8, 4) is 11.1 Å². The lowest BCUT2D eigenvalue weighted by Gasteiger charge is -2.22. The average molecular weight is 464 g/mol. The molecular weight excluding hydrogens is 446 g/mol. The van der Waals surface area contributed by atoms with E-state index in [1.165, 1.54) is 18.3 Å². The van der Waals surface area contributed by atoms with Crippen LogP contribution in [0.15, 0.2) is 82.8 Å². The second-order valence-electron chi connectivity index (χ2n) is 6.58. The number of pyridine rings is 1. The molecule has 3 aromatic rings. The maximum atomic E-state index is 12.8. The van der Waals surface area contributed by atoms with E-state index in [-0.39, 0.29) is 10.6 Å². The maximum Gasteiger partial charge on any atom is 0.337 e. The van der Waals surface area contributed by atoms with Crippen molar-refractivity contribution in [2.45, 2.75) is 15.5 Å². The Hall–Kier alpha value is -2.39. The molecule has 0 aliphatic rings. The lowest BCUT2D eigenvalue weighted by atomic mass is 10.1. The zero-order valence-corrected chi connectivity index (χ0v) is 18.0. The number of benzene rings is 2. The van der Waals surface area contributed by atoms with E-state index in [9.17, 15) is 23.4 Å². The van der Waals surface area contributed by atoms with Crippen molar-refractivity contribution in [3.63, 3.8) is 0 Å². The third-order valence-corrected chi connectivity index (χ3v) is 7.57. The summed E-state index contributed by atoms with van der Waals surface area (Å²) in [6, 6.07) is 18.2. The number of hydrogen-bond donors (Lipinski definition) is 2. The van der Waals surface area contributed by atoms with Crippen molar-refractivity contribution in [1.29, 1.82) is 0 Å². The average Bonchev–Trinajstić information content (AvgIpc) is 2.73. The minimum absolute atomic E-state index is 0.0669. The van der Waals surface area contributed by atoms with Crippen molar-refractivity contribution < 1.29 is 23.4 Å². The van der Waals surface area contributed by atoms with Gasteiger partial charge in [-0.15, -0.1) is 11.8 Å². The number of aliphatic carboxylic acids is 1. The van der Waals surface area contributed by atoms with Gasteiger partial charge < -0.3 is 10.2 Å². The Kier molecular flexibility index (Phi) is 6.82. The third kappa shape index (κ3) is 5.40. The number of sulfone groups is 1. The summed E-state index contributed by atoms with van der Waals surface area (Å²) >= 11 is 6.85. The summed E-state index contributed by atoms with van der Waals surface area (Å²) in [6.45, 7) is 0. The van der Waals surface area contributed by atoms with Crippen LogP contribution in [-0.2, 0) is 14.6 Å². The van der Waals surface area contributed by atoms with Gasteiger partial charge in [-0.1, -0.05) is 41.9 Å². The van der Waals surface area contributed by atoms with Gasteiger partial charge in [-0.2, -0.15) is 0 Å². The summed E-state index contributed by atoms with van der Waals surface area (Å²) in [7, 11) is -4.06. The standard InChI is InChI=1S/C21H18ClNO5S2/c22-17-8-4-15(5-9-17)16-6-10-18(11-7-16)30(27,28)14-21(26,20(24)25)13-29-19-3-1-2-12-23-19/h1-12,26H,13-14H2,(H,24,25). The quantitative estimate of drug-likeness (QED) is 0.490. The van der Waals surface area contributed by atoms with E-state index in [0.29, 0.717) is 10.0 Å². The molecule has 2 aromatic carbocycles. The first-order valence-corrected chi connectivity index (χ1v) is 11.8. The summed E-state index contributed by atoms with van der Waals surface area (Å²) in [5.41, 5.74) is -0.822. The predicted octanol–water partition coefficient (Wildman–Crippen LogP) is 3.78. The molecule has 30 heavy (non-hydrogen) atoms. The molecule has 0 bridgehead atoms. The molecule has 0 aliphatic carbocycles. The molecule has 1 unspecified atom stereocenters. The summed E-state index contributed by atoms with van der Waals surface area (Å²) in [5, 5.41) is 21.1. The van der Waals surface area contributed by atoms with Gasteiger partial charge in [0.05, 0.1) is 15.7 Å².